The minimum Gasteiger partial charge on any atom is -0.343 e. The Morgan fingerprint density at radius 3 is 3.11 bits per heavy atom. The van der Waals surface area contributed by atoms with Gasteiger partial charge in [-0.15, -0.1) is 10.2 Å². The molecule has 19 heavy (non-hydrogen) atoms. The molecule has 1 unspecified atom stereocenters. The molecule has 0 saturated heterocycles. The van der Waals surface area contributed by atoms with Crippen LogP contribution in [0.25, 0.3) is 10.9 Å². The van der Waals surface area contributed by atoms with Gasteiger partial charge in [0, 0.05) is 18.5 Å². The van der Waals surface area contributed by atoms with Crippen molar-refractivity contribution in [2.24, 2.45) is 0 Å². The third-order valence-corrected chi connectivity index (χ3v) is 3.79. The van der Waals surface area contributed by atoms with Gasteiger partial charge in [0.2, 0.25) is 0 Å². The number of benzene rings is 1. The average molecular weight is 254 g/mol. The summed E-state index contributed by atoms with van der Waals surface area (Å²) in [4.78, 5) is 2.28. The van der Waals surface area contributed by atoms with E-state index in [1.807, 2.05) is 18.2 Å². The molecular weight excluding hydrogens is 240 g/mol. The fourth-order valence-corrected chi connectivity index (χ4v) is 2.77. The van der Waals surface area contributed by atoms with Crippen molar-refractivity contribution < 1.29 is 0 Å². The summed E-state index contributed by atoms with van der Waals surface area (Å²) in [5, 5.41) is 16.9. The Kier molecular flexibility index (Phi) is 2.11. The number of hydrogen-bond acceptors (Lipinski definition) is 4. The normalized spacial score (nSPS) is 18.8. The third-order valence-electron chi connectivity index (χ3n) is 3.79. The summed E-state index contributed by atoms with van der Waals surface area (Å²) in [6.07, 6.45) is 1.80. The van der Waals surface area contributed by atoms with Crippen molar-refractivity contribution in [2.45, 2.75) is 19.5 Å². The largest absolute Gasteiger partial charge is 0.343 e. The first-order valence-corrected chi connectivity index (χ1v) is 6.42. The fraction of sp³-hybridized carbons (Fsp3) is 0.308. The first-order valence-electron chi connectivity index (χ1n) is 6.42. The van der Waals surface area contributed by atoms with Crippen LogP contribution in [0.5, 0.6) is 0 Å². The molecule has 96 valence electrons. The van der Waals surface area contributed by atoms with Gasteiger partial charge in [0.25, 0.3) is 0 Å². The highest BCUT2D eigenvalue weighted by Gasteiger charge is 2.28. The molecule has 0 spiro atoms. The maximum atomic E-state index is 4.47. The van der Waals surface area contributed by atoms with Crippen molar-refractivity contribution in [1.82, 2.24) is 25.0 Å². The molecule has 1 aliphatic heterocycles. The van der Waals surface area contributed by atoms with Crippen LogP contribution in [-0.2, 0) is 6.54 Å². The Morgan fingerprint density at radius 1 is 1.26 bits per heavy atom. The smallest absolute Gasteiger partial charge is 0.158 e. The number of nitrogens with zero attached hydrogens (tertiary/aromatic N) is 5. The van der Waals surface area contributed by atoms with Crippen LogP contribution in [0.15, 0.2) is 30.6 Å². The standard InChI is InChI=1S/C13H14N6/c1-9-12-16-14-8-18(12)6-7-19(9)13-10-4-2-3-5-11(10)15-17-13/h2-5,8-9H,6-7H2,1H3,(H,15,17). The summed E-state index contributed by atoms with van der Waals surface area (Å²) in [6, 6.07) is 8.38. The molecule has 0 bridgehead atoms. The first-order chi connectivity index (χ1) is 9.34. The molecule has 1 atom stereocenters. The molecule has 6 heteroatoms. The van der Waals surface area contributed by atoms with Crippen LogP contribution in [0.2, 0.25) is 0 Å². The minimum atomic E-state index is 0.183. The van der Waals surface area contributed by atoms with Crippen molar-refractivity contribution in [3.63, 3.8) is 0 Å². The molecule has 0 saturated carbocycles. The van der Waals surface area contributed by atoms with Crippen molar-refractivity contribution in [1.29, 1.82) is 0 Å². The summed E-state index contributed by atoms with van der Waals surface area (Å²) in [7, 11) is 0. The number of anilines is 1. The lowest BCUT2D eigenvalue weighted by molar-refractivity contribution is 0.493. The highest BCUT2D eigenvalue weighted by molar-refractivity contribution is 5.90. The predicted octanol–water partition coefficient (Wildman–Crippen LogP) is 1.74. The predicted molar refractivity (Wildman–Crippen MR) is 71.9 cm³/mol. The van der Waals surface area contributed by atoms with E-state index in [1.54, 1.807) is 6.33 Å². The minimum absolute atomic E-state index is 0.183. The van der Waals surface area contributed by atoms with Crippen LogP contribution >= 0.6 is 0 Å². The molecule has 2 aromatic heterocycles. The first kappa shape index (κ1) is 10.5. The van der Waals surface area contributed by atoms with Crippen molar-refractivity contribution in [2.75, 3.05) is 11.4 Å². The fourth-order valence-electron chi connectivity index (χ4n) is 2.77. The number of hydrogen-bond donors (Lipinski definition) is 1. The molecule has 0 amide bonds. The van der Waals surface area contributed by atoms with Gasteiger partial charge < -0.3 is 9.47 Å². The molecule has 1 aromatic carbocycles. The Bertz CT molecular complexity index is 727. The Hall–Kier alpha value is -2.37. The third kappa shape index (κ3) is 1.46. The van der Waals surface area contributed by atoms with E-state index in [9.17, 15) is 0 Å². The molecule has 3 heterocycles. The van der Waals surface area contributed by atoms with Gasteiger partial charge in [0.15, 0.2) is 11.6 Å². The zero-order valence-electron chi connectivity index (χ0n) is 10.6. The molecule has 1 aliphatic rings. The van der Waals surface area contributed by atoms with Gasteiger partial charge in [-0.2, -0.15) is 5.10 Å². The van der Waals surface area contributed by atoms with Crippen LogP contribution in [0.3, 0.4) is 0 Å². The quantitative estimate of drug-likeness (QED) is 0.718. The molecule has 3 aromatic rings. The summed E-state index contributed by atoms with van der Waals surface area (Å²) in [6.45, 7) is 3.96. The Morgan fingerprint density at radius 2 is 2.16 bits per heavy atom. The van der Waals surface area contributed by atoms with Crippen LogP contribution in [0.4, 0.5) is 5.82 Å². The summed E-state index contributed by atoms with van der Waals surface area (Å²) < 4.78 is 2.11. The van der Waals surface area contributed by atoms with E-state index in [0.717, 1.165) is 35.6 Å². The Labute approximate surface area is 110 Å². The molecule has 0 aliphatic carbocycles. The SMILES string of the molecule is CC1c2nncn2CCN1c1n[nH]c2ccccc12. The van der Waals surface area contributed by atoms with E-state index in [0.29, 0.717) is 0 Å². The van der Waals surface area contributed by atoms with Crippen LogP contribution in [0, 0.1) is 0 Å². The average Bonchev–Trinajstić information content (AvgIpc) is 3.06. The number of para-hydroxylation sites is 1. The lowest BCUT2D eigenvalue weighted by Crippen LogP contribution is -2.37. The molecule has 4 rings (SSSR count). The molecule has 1 N–H and O–H groups in total. The number of nitrogens with one attached hydrogen (secondary N) is 1. The number of aromatic amines is 1. The Balaban J connectivity index is 1.81. The van der Waals surface area contributed by atoms with Gasteiger partial charge in [0.05, 0.1) is 11.6 Å². The van der Waals surface area contributed by atoms with Gasteiger partial charge in [-0.1, -0.05) is 12.1 Å². The van der Waals surface area contributed by atoms with Gasteiger partial charge in [0.1, 0.15) is 6.33 Å². The van der Waals surface area contributed by atoms with Crippen LogP contribution in [0.1, 0.15) is 18.8 Å². The van der Waals surface area contributed by atoms with Crippen LogP contribution < -0.4 is 4.90 Å². The molecular formula is C13H14N6. The summed E-state index contributed by atoms with van der Waals surface area (Å²) in [5.74, 6) is 2.00. The second kappa shape index (κ2) is 3.81. The number of rotatable bonds is 1. The van der Waals surface area contributed by atoms with Crippen LogP contribution in [-0.4, -0.2) is 31.5 Å². The molecule has 0 fully saturated rings. The second-order valence-electron chi connectivity index (χ2n) is 4.84. The highest BCUT2D eigenvalue weighted by Crippen LogP contribution is 2.32. The van der Waals surface area contributed by atoms with Gasteiger partial charge in [-0.05, 0) is 19.1 Å². The van der Waals surface area contributed by atoms with Crippen molar-refractivity contribution in [3.8, 4) is 0 Å². The van der Waals surface area contributed by atoms with E-state index in [2.05, 4.69) is 42.9 Å². The van der Waals surface area contributed by atoms with Crippen molar-refractivity contribution in [3.05, 3.63) is 36.4 Å². The van der Waals surface area contributed by atoms with Gasteiger partial charge in [-0.3, -0.25) is 5.10 Å². The van der Waals surface area contributed by atoms with E-state index in [-0.39, 0.29) is 6.04 Å². The van der Waals surface area contributed by atoms with Crippen molar-refractivity contribution >= 4 is 16.7 Å². The van der Waals surface area contributed by atoms with Gasteiger partial charge >= 0.3 is 0 Å². The van der Waals surface area contributed by atoms with Gasteiger partial charge in [-0.25, -0.2) is 0 Å². The summed E-state index contributed by atoms with van der Waals surface area (Å²) in [5.41, 5.74) is 1.07. The topological polar surface area (TPSA) is 62.6 Å². The van der Waals surface area contributed by atoms with E-state index in [4.69, 9.17) is 0 Å². The monoisotopic (exact) mass is 254 g/mol. The number of fused-ring (bicyclic) bond motifs is 2. The second-order valence-corrected chi connectivity index (χ2v) is 4.84. The van der Waals surface area contributed by atoms with E-state index < -0.39 is 0 Å². The zero-order valence-corrected chi connectivity index (χ0v) is 10.6. The molecule has 6 nitrogen and oxygen atoms in total. The maximum Gasteiger partial charge on any atom is 0.158 e. The highest BCUT2D eigenvalue weighted by atomic mass is 15.4. The van der Waals surface area contributed by atoms with E-state index in [1.165, 1.54) is 0 Å². The lowest BCUT2D eigenvalue weighted by atomic mass is 10.1. The lowest BCUT2D eigenvalue weighted by Gasteiger charge is -2.33. The number of H-pyrrole nitrogens is 1. The molecule has 0 radical (unpaired) electrons. The maximum absolute atomic E-state index is 4.47. The number of aromatic nitrogens is 5. The van der Waals surface area contributed by atoms with E-state index >= 15 is 0 Å². The summed E-state index contributed by atoms with van der Waals surface area (Å²) >= 11 is 0. The zero-order chi connectivity index (χ0) is 12.8.